The Balaban J connectivity index is 1.49. The summed E-state index contributed by atoms with van der Waals surface area (Å²) in [6.07, 6.45) is 4.74. The van der Waals surface area contributed by atoms with Crippen molar-refractivity contribution >= 4 is 11.8 Å². The van der Waals surface area contributed by atoms with Crippen LogP contribution in [0.15, 0.2) is 12.3 Å². The first-order valence-corrected chi connectivity index (χ1v) is 8.98. The maximum atomic E-state index is 9.70. The van der Waals surface area contributed by atoms with Crippen molar-refractivity contribution in [3.05, 3.63) is 12.3 Å². The number of unbranched alkanes of at least 4 members (excludes halogenated alkanes) is 1. The Morgan fingerprint density at radius 2 is 2.00 bits per heavy atom. The van der Waals surface area contributed by atoms with Gasteiger partial charge in [0.25, 0.3) is 0 Å². The number of ether oxygens (including phenoxy) is 1. The topological polar surface area (TPSA) is 65.0 Å². The minimum Gasteiger partial charge on any atom is -0.391 e. The van der Waals surface area contributed by atoms with E-state index in [4.69, 9.17) is 9.72 Å². The van der Waals surface area contributed by atoms with Gasteiger partial charge in [-0.05, 0) is 31.9 Å². The molecule has 0 spiro atoms. The lowest BCUT2D eigenvalue weighted by molar-refractivity contribution is 0.182. The molecule has 2 aliphatic rings. The molecule has 7 nitrogen and oxygen atoms in total. The highest BCUT2D eigenvalue weighted by atomic mass is 16.5. The van der Waals surface area contributed by atoms with E-state index < -0.39 is 0 Å². The monoisotopic (exact) mass is 335 g/mol. The van der Waals surface area contributed by atoms with Gasteiger partial charge in [0.1, 0.15) is 5.82 Å². The largest absolute Gasteiger partial charge is 0.391 e. The zero-order valence-electron chi connectivity index (χ0n) is 14.6. The smallest absolute Gasteiger partial charge is 0.227 e. The molecule has 0 amide bonds. The van der Waals surface area contributed by atoms with E-state index in [2.05, 4.69) is 19.7 Å². The number of nitrogens with zero attached hydrogens (tertiary/aromatic N) is 5. The van der Waals surface area contributed by atoms with E-state index >= 15 is 0 Å². The van der Waals surface area contributed by atoms with Crippen molar-refractivity contribution in [1.82, 2.24) is 14.9 Å². The number of β-amino-alcohol motifs (C(OH)–C–C–N with tert-alkyl or cyclic N) is 1. The highest BCUT2D eigenvalue weighted by Crippen LogP contribution is 2.20. The van der Waals surface area contributed by atoms with Crippen LogP contribution in [-0.2, 0) is 4.74 Å². The Morgan fingerprint density at radius 1 is 1.17 bits per heavy atom. The van der Waals surface area contributed by atoms with Crippen LogP contribution in [-0.4, -0.2) is 85.6 Å². The van der Waals surface area contributed by atoms with Gasteiger partial charge in [-0.25, -0.2) is 4.98 Å². The first-order chi connectivity index (χ1) is 11.8. The first kappa shape index (κ1) is 17.4. The van der Waals surface area contributed by atoms with E-state index in [1.54, 1.807) is 7.11 Å². The summed E-state index contributed by atoms with van der Waals surface area (Å²) in [5, 5.41) is 9.70. The molecule has 0 bridgehead atoms. The number of rotatable bonds is 7. The molecule has 2 aliphatic heterocycles. The molecule has 0 radical (unpaired) electrons. The number of hydrogen-bond donors (Lipinski definition) is 1. The zero-order valence-corrected chi connectivity index (χ0v) is 14.6. The van der Waals surface area contributed by atoms with Crippen LogP contribution in [0.4, 0.5) is 11.8 Å². The predicted molar refractivity (Wildman–Crippen MR) is 94.6 cm³/mol. The second-order valence-corrected chi connectivity index (χ2v) is 6.63. The molecule has 0 aliphatic carbocycles. The Labute approximate surface area is 144 Å². The van der Waals surface area contributed by atoms with Crippen molar-refractivity contribution in [3.63, 3.8) is 0 Å². The van der Waals surface area contributed by atoms with E-state index in [1.165, 1.54) is 6.42 Å². The van der Waals surface area contributed by atoms with Gasteiger partial charge in [-0.2, -0.15) is 4.98 Å². The lowest BCUT2D eigenvalue weighted by atomic mass is 10.2. The SMILES string of the molecule is COCCCCN1CCN(c2nccc(N3CCC(O)C3)n2)CC1. The van der Waals surface area contributed by atoms with Crippen LogP contribution in [0.25, 0.3) is 0 Å². The maximum Gasteiger partial charge on any atom is 0.227 e. The summed E-state index contributed by atoms with van der Waals surface area (Å²) < 4.78 is 5.10. The van der Waals surface area contributed by atoms with Crippen LogP contribution in [0.2, 0.25) is 0 Å². The Kier molecular flexibility index (Phi) is 6.23. The van der Waals surface area contributed by atoms with Gasteiger partial charge in [0.15, 0.2) is 0 Å². The van der Waals surface area contributed by atoms with Crippen LogP contribution >= 0.6 is 0 Å². The summed E-state index contributed by atoms with van der Waals surface area (Å²) in [7, 11) is 1.76. The quantitative estimate of drug-likeness (QED) is 0.732. The van der Waals surface area contributed by atoms with Crippen LogP contribution < -0.4 is 9.80 Å². The summed E-state index contributed by atoms with van der Waals surface area (Å²) >= 11 is 0. The number of aliphatic hydroxyl groups excluding tert-OH is 1. The third kappa shape index (κ3) is 4.55. The van der Waals surface area contributed by atoms with Gasteiger partial charge >= 0.3 is 0 Å². The number of anilines is 2. The van der Waals surface area contributed by atoms with Crippen LogP contribution in [0.1, 0.15) is 19.3 Å². The summed E-state index contributed by atoms with van der Waals surface area (Å²) in [5.74, 6) is 1.74. The molecule has 24 heavy (non-hydrogen) atoms. The van der Waals surface area contributed by atoms with Crippen molar-refractivity contribution in [2.75, 3.05) is 69.3 Å². The second kappa shape index (κ2) is 8.60. The highest BCUT2D eigenvalue weighted by molar-refractivity contribution is 5.45. The van der Waals surface area contributed by atoms with Crippen LogP contribution in [0, 0.1) is 0 Å². The van der Waals surface area contributed by atoms with Crippen molar-refractivity contribution in [1.29, 1.82) is 0 Å². The normalized spacial score (nSPS) is 22.3. The average Bonchev–Trinajstić information content (AvgIpc) is 3.06. The Morgan fingerprint density at radius 3 is 2.71 bits per heavy atom. The minimum absolute atomic E-state index is 0.231. The molecule has 3 heterocycles. The molecule has 1 aromatic rings. The molecule has 0 saturated carbocycles. The summed E-state index contributed by atoms with van der Waals surface area (Å²) in [4.78, 5) is 16.1. The lowest BCUT2D eigenvalue weighted by Crippen LogP contribution is -2.47. The molecule has 3 rings (SSSR count). The average molecular weight is 335 g/mol. The van der Waals surface area contributed by atoms with Crippen molar-refractivity contribution in [2.45, 2.75) is 25.4 Å². The van der Waals surface area contributed by atoms with Gasteiger partial charge in [0, 0.05) is 59.2 Å². The number of aromatic nitrogens is 2. The third-order valence-electron chi connectivity index (χ3n) is 4.84. The number of hydrogen-bond acceptors (Lipinski definition) is 7. The molecule has 1 unspecified atom stereocenters. The van der Waals surface area contributed by atoms with Crippen molar-refractivity contribution in [3.8, 4) is 0 Å². The van der Waals surface area contributed by atoms with Crippen molar-refractivity contribution < 1.29 is 9.84 Å². The molecule has 1 N–H and O–H groups in total. The lowest BCUT2D eigenvalue weighted by Gasteiger charge is -2.35. The Bertz CT molecular complexity index is 508. The zero-order chi connectivity index (χ0) is 16.8. The van der Waals surface area contributed by atoms with Crippen molar-refractivity contribution in [2.24, 2.45) is 0 Å². The second-order valence-electron chi connectivity index (χ2n) is 6.63. The van der Waals surface area contributed by atoms with Gasteiger partial charge in [0.05, 0.1) is 6.10 Å². The molecule has 1 aromatic heterocycles. The molecule has 1 atom stereocenters. The van der Waals surface area contributed by atoms with E-state index in [9.17, 15) is 5.11 Å². The first-order valence-electron chi connectivity index (χ1n) is 8.98. The molecule has 2 fully saturated rings. The fourth-order valence-electron chi connectivity index (χ4n) is 3.37. The molecular formula is C17H29N5O2. The summed E-state index contributed by atoms with van der Waals surface area (Å²) in [6, 6.07) is 1.94. The van der Waals surface area contributed by atoms with E-state index in [0.717, 1.165) is 70.5 Å². The van der Waals surface area contributed by atoms with Crippen LogP contribution in [0.3, 0.4) is 0 Å². The van der Waals surface area contributed by atoms with E-state index in [0.29, 0.717) is 6.54 Å². The fourth-order valence-corrected chi connectivity index (χ4v) is 3.37. The maximum absolute atomic E-state index is 9.70. The summed E-state index contributed by atoms with van der Waals surface area (Å²) in [6.45, 7) is 7.59. The standard InChI is InChI=1S/C17H29N5O2/c1-24-13-3-2-7-20-9-11-21(12-10-20)17-18-6-4-16(19-17)22-8-5-15(23)14-22/h4,6,15,23H,2-3,5,7-14H2,1H3. The van der Waals surface area contributed by atoms with E-state index in [1.807, 2.05) is 12.3 Å². The van der Waals surface area contributed by atoms with Gasteiger partial charge in [-0.15, -0.1) is 0 Å². The third-order valence-corrected chi connectivity index (χ3v) is 4.84. The predicted octanol–water partition coefficient (Wildman–Crippen LogP) is 0.596. The van der Waals surface area contributed by atoms with Gasteiger partial charge in [0.2, 0.25) is 5.95 Å². The van der Waals surface area contributed by atoms with Gasteiger partial charge in [-0.1, -0.05) is 0 Å². The minimum atomic E-state index is -0.231. The molecule has 0 aromatic carbocycles. The number of piperazine rings is 1. The molecule has 7 heteroatoms. The van der Waals surface area contributed by atoms with Crippen LogP contribution in [0.5, 0.6) is 0 Å². The molecule has 134 valence electrons. The number of methoxy groups -OCH3 is 1. The highest BCUT2D eigenvalue weighted by Gasteiger charge is 2.23. The Hall–Kier alpha value is -1.44. The number of aliphatic hydroxyl groups is 1. The van der Waals surface area contributed by atoms with Gasteiger partial charge < -0.3 is 19.6 Å². The fraction of sp³-hybridized carbons (Fsp3) is 0.765. The molecule has 2 saturated heterocycles. The van der Waals surface area contributed by atoms with Gasteiger partial charge in [-0.3, -0.25) is 4.90 Å². The van der Waals surface area contributed by atoms with E-state index in [-0.39, 0.29) is 6.10 Å². The summed E-state index contributed by atoms with van der Waals surface area (Å²) in [5.41, 5.74) is 0. The molecular weight excluding hydrogens is 306 g/mol.